The number of aromatic nitrogens is 4. The highest BCUT2D eigenvalue weighted by atomic mass is 28.3. The van der Waals surface area contributed by atoms with Crippen LogP contribution >= 0.6 is 0 Å². The summed E-state index contributed by atoms with van der Waals surface area (Å²) in [5, 5.41) is -0.474. The lowest BCUT2D eigenvalue weighted by Crippen LogP contribution is -2.76. The second kappa shape index (κ2) is 20.6. The molecule has 0 aliphatic carbocycles. The van der Waals surface area contributed by atoms with Crippen LogP contribution in [-0.2, 0) is 10.8 Å². The summed E-state index contributed by atoms with van der Waals surface area (Å²) in [5.41, 5.74) is 3.61. The van der Waals surface area contributed by atoms with Crippen molar-refractivity contribution >= 4 is 61.7 Å². The van der Waals surface area contributed by atoms with E-state index in [2.05, 4.69) is 37.7 Å². The van der Waals surface area contributed by atoms with E-state index in [9.17, 15) is 16.4 Å². The van der Waals surface area contributed by atoms with Crippen LogP contribution in [-0.4, -0.2) is 22.2 Å². The van der Waals surface area contributed by atoms with Crippen LogP contribution in [0.1, 0.15) is 92.6 Å². The van der Waals surface area contributed by atoms with Crippen molar-refractivity contribution in [2.24, 2.45) is 0 Å². The van der Waals surface area contributed by atoms with E-state index in [0.29, 0.717) is 22.8 Å². The summed E-state index contributed by atoms with van der Waals surface area (Å²) in [6, 6.07) is 31.2. The Morgan fingerprint density at radius 2 is 1.15 bits per heavy atom. The van der Waals surface area contributed by atoms with Gasteiger partial charge in [-0.05, 0) is 144 Å². The van der Waals surface area contributed by atoms with Crippen molar-refractivity contribution in [1.82, 2.24) is 14.1 Å². The van der Waals surface area contributed by atoms with Crippen molar-refractivity contribution in [3.05, 3.63) is 283 Å². The van der Waals surface area contributed by atoms with E-state index in [-0.39, 0.29) is 60.9 Å². The fourth-order valence-electron chi connectivity index (χ4n) is 11.1. The predicted octanol–water partition coefficient (Wildman–Crippen LogP) is 15.9. The van der Waals surface area contributed by atoms with E-state index >= 15 is 0 Å². The molecule has 10 aromatic carbocycles. The maximum absolute atomic E-state index is 10.1. The average Bonchev–Trinajstić information content (AvgIpc) is 1.40. The van der Waals surface area contributed by atoms with Gasteiger partial charge in [-0.25, -0.2) is 4.98 Å². The van der Waals surface area contributed by atoms with Crippen molar-refractivity contribution in [2.45, 2.75) is 66.1 Å². The van der Waals surface area contributed by atoms with Gasteiger partial charge in [-0.2, -0.15) is 0 Å². The first-order chi connectivity index (χ1) is 48.4. The van der Waals surface area contributed by atoms with Gasteiger partial charge < -0.3 is 4.74 Å². The second-order valence-electron chi connectivity index (χ2n) is 22.3. The van der Waals surface area contributed by atoms with Crippen molar-refractivity contribution < 1.29 is 38.1 Å². The Morgan fingerprint density at radius 3 is 1.83 bits per heavy atom. The van der Waals surface area contributed by atoms with E-state index in [1.165, 1.54) is 41.0 Å². The highest BCUT2D eigenvalue weighted by molar-refractivity contribution is 7.20. The lowest BCUT2D eigenvalue weighted by atomic mass is 9.85. The van der Waals surface area contributed by atoms with E-state index < -0.39 is 133 Å². The minimum Gasteiger partial charge on any atom is -0.458 e. The topological polar surface area (TPSA) is 35.9 Å². The predicted molar refractivity (Wildman–Crippen MR) is 344 cm³/mol. The van der Waals surface area contributed by atoms with Crippen molar-refractivity contribution in [1.29, 1.82) is 0 Å². The largest absolute Gasteiger partial charge is 0.458 e. The molecule has 82 heavy (non-hydrogen) atoms. The molecule has 0 radical (unpaired) electrons. The summed E-state index contributed by atoms with van der Waals surface area (Å²) < 4.78 is 208. The number of fused-ring (bicyclic) bond motifs is 4. The minimum absolute atomic E-state index is 0.0492. The summed E-state index contributed by atoms with van der Waals surface area (Å²) in [5.74, 6) is 1.40. The monoisotopic (exact) mass is 1100 g/mol. The van der Waals surface area contributed by atoms with Crippen molar-refractivity contribution in [2.75, 3.05) is 0 Å². The molecule has 0 amide bonds. The Balaban J connectivity index is 1.19. The van der Waals surface area contributed by atoms with Gasteiger partial charge in [-0.3, -0.25) is 13.7 Å². The molecule has 400 valence electrons. The third-order valence-electron chi connectivity index (χ3n) is 15.1. The van der Waals surface area contributed by atoms with Gasteiger partial charge in [0.25, 0.3) is 6.33 Å². The number of aryl methyl sites for hydroxylation is 2. The van der Waals surface area contributed by atoms with Crippen LogP contribution < -0.4 is 30.1 Å². The molecule has 3 aromatic heterocycles. The first-order valence-electron chi connectivity index (χ1n) is 37.3. The van der Waals surface area contributed by atoms with Crippen LogP contribution in [0.25, 0.3) is 72.3 Å². The Bertz CT molecular complexity index is 5420. The summed E-state index contributed by atoms with van der Waals surface area (Å²) in [6.07, 6.45) is 5.33. The molecule has 0 unspecified atom stereocenters. The van der Waals surface area contributed by atoms with Gasteiger partial charge >= 0.3 is 0 Å². The molecule has 0 aliphatic rings. The molecule has 13 rings (SSSR count). The molecule has 6 heteroatoms. The number of hydrogen-bond acceptors (Lipinski definition) is 2. The fourth-order valence-corrected chi connectivity index (χ4v) is 15.1. The minimum atomic E-state index is -5.96. The van der Waals surface area contributed by atoms with Gasteiger partial charge in [-0.1, -0.05) is 229 Å². The van der Waals surface area contributed by atoms with E-state index in [4.69, 9.17) is 22.1 Å². The Labute approximate surface area is 512 Å². The molecule has 0 saturated carbocycles. The lowest BCUT2D eigenvalue weighted by molar-refractivity contribution is -0.570. The molecule has 0 N–H and O–H groups in total. The highest BCUT2D eigenvalue weighted by Crippen LogP contribution is 2.38. The van der Waals surface area contributed by atoms with Gasteiger partial charge in [0.1, 0.15) is 17.3 Å². The first kappa shape index (κ1) is 33.4. The van der Waals surface area contributed by atoms with Crippen LogP contribution in [0, 0.1) is 20.0 Å². The van der Waals surface area contributed by atoms with E-state index in [1.807, 2.05) is 81.4 Å². The maximum atomic E-state index is 10.1. The Hall–Kier alpha value is -9.36. The molecule has 0 fully saturated rings. The molecule has 0 bridgehead atoms. The third-order valence-corrected chi connectivity index (χ3v) is 19.3. The number of rotatable bonds is 11. The van der Waals surface area contributed by atoms with E-state index in [0.717, 1.165) is 32.9 Å². The zero-order valence-corrected chi connectivity index (χ0v) is 46.8. The summed E-state index contributed by atoms with van der Waals surface area (Å²) >= 11 is 0. The van der Waals surface area contributed by atoms with Crippen LogP contribution in [0.15, 0.2) is 255 Å². The fraction of sp³-hybridized carbons (Fsp3) is 0.132. The van der Waals surface area contributed by atoms with Crippen molar-refractivity contribution in [3.63, 3.8) is 0 Å². The number of para-hydroxylation sites is 2. The van der Waals surface area contributed by atoms with Gasteiger partial charge in [0, 0.05) is 31.3 Å². The number of nitrogens with zero attached hydrogens (tertiary/aromatic N) is 4. The van der Waals surface area contributed by atoms with Gasteiger partial charge in [0.2, 0.25) is 0 Å². The Kier molecular flexibility index (Phi) is 8.40. The molecular formula is C76H66N4OSi. The molecule has 3 heterocycles. The molecule has 0 aliphatic heterocycles. The number of benzene rings is 10. The number of pyridine rings is 1. The number of imidazole rings is 1. The molecule has 5 nitrogen and oxygen atoms in total. The zero-order chi connectivity index (χ0) is 74.4. The van der Waals surface area contributed by atoms with Gasteiger partial charge in [0.05, 0.1) is 54.0 Å². The SMILES string of the molecule is [2H]c1c([2H])c([2H])c([Si](c2cccc(-c3cccc(C(C)(C)C)c3)c2-[n+]2[c-]n(-c3cccc(Oc4ccc5c6ccccc6n(-c6cc(C(C)(C)C)ccn6)c5c4)c3)c3cc(-c4c(C([2H])([2H])[2H])cccc4C([2H])([2H])[2H])ccc32)(c2c([2H])c([2H])c([2H])c([2H])c2[2H])c2c([2H])c([2H])c([2H])c([2H])c2[2H])c([2H])c1[2H]. The lowest BCUT2D eigenvalue weighted by Gasteiger charge is -2.37. The second-order valence-corrected chi connectivity index (χ2v) is 25.8. The number of hydrogen-bond donors (Lipinski definition) is 0. The van der Waals surface area contributed by atoms with Crippen LogP contribution in [0.2, 0.25) is 0 Å². The number of ether oxygens (including phenoxy) is 1. The van der Waals surface area contributed by atoms with Crippen molar-refractivity contribution in [3.8, 4) is 50.9 Å². The maximum Gasteiger partial charge on any atom is 0.269 e. The van der Waals surface area contributed by atoms with Crippen LogP contribution in [0.3, 0.4) is 0 Å². The first-order valence-corrected chi connectivity index (χ1v) is 28.8. The molecule has 0 atom stereocenters. The van der Waals surface area contributed by atoms with E-state index in [1.54, 1.807) is 65.4 Å². The highest BCUT2D eigenvalue weighted by Gasteiger charge is 2.44. The molecule has 0 saturated heterocycles. The van der Waals surface area contributed by atoms with Crippen LogP contribution in [0.5, 0.6) is 11.5 Å². The quantitative estimate of drug-likeness (QED) is 0.0560. The van der Waals surface area contributed by atoms with Gasteiger partial charge in [0.15, 0.2) is 8.07 Å². The molecular weight excluding hydrogens is 1010 g/mol. The average molecular weight is 1100 g/mol. The molecule has 13 aromatic rings. The summed E-state index contributed by atoms with van der Waals surface area (Å²) in [6.45, 7) is 6.64. The Morgan fingerprint density at radius 1 is 0.524 bits per heavy atom. The normalized spacial score (nSPS) is 16.1. The zero-order valence-electron chi connectivity index (χ0n) is 66.8. The van der Waals surface area contributed by atoms with Gasteiger partial charge in [-0.15, -0.1) is 0 Å². The standard InChI is InChI=1S/C76H66N4OSi/c1-52-24-20-25-53(2)73(52)55-40-43-68-70(47-55)78(58-28-22-29-59(49-58)81-60-41-42-66-65-36-18-19-38-67(65)80(69(66)50-60)72-48-57(44-45-77-72)76(6,7)8)51-79(68)74-64(54-26-21-27-56(46-54)75(3,4)5)37-23-39-71(74)82(61-30-12-9-13-31-61,62-32-14-10-15-33-62)63-34-16-11-17-35-63/h9-50H,1-8H3/i1D3,2D3,9D,10D,11D,12D,13D,14D,15D,16D,17D,30D,31D,32D,33D,34D,35D. The summed E-state index contributed by atoms with van der Waals surface area (Å²) in [7, 11) is -5.96. The van der Waals surface area contributed by atoms with Crippen LogP contribution in [0.4, 0.5) is 0 Å². The third kappa shape index (κ3) is 9.14. The summed E-state index contributed by atoms with van der Waals surface area (Å²) in [4.78, 5) is 4.86. The molecule has 0 spiro atoms. The smallest absolute Gasteiger partial charge is 0.269 e.